The number of fused-ring (bicyclic) bond motifs is 1. The molecular formula is C25H31N5O3. The zero-order valence-corrected chi connectivity index (χ0v) is 18.9. The van der Waals surface area contributed by atoms with Crippen molar-refractivity contribution in [2.24, 2.45) is 0 Å². The summed E-state index contributed by atoms with van der Waals surface area (Å²) in [6.45, 7) is 6.31. The minimum Gasteiger partial charge on any atom is -0.353 e. The highest BCUT2D eigenvalue weighted by Crippen LogP contribution is 2.16. The third kappa shape index (κ3) is 5.40. The van der Waals surface area contributed by atoms with Crippen LogP contribution in [0.3, 0.4) is 0 Å². The molecule has 0 N–H and O–H groups in total. The first-order valence-corrected chi connectivity index (χ1v) is 11.9. The van der Waals surface area contributed by atoms with Gasteiger partial charge in [0.1, 0.15) is 0 Å². The monoisotopic (exact) mass is 449 g/mol. The summed E-state index contributed by atoms with van der Waals surface area (Å²) in [6.07, 6.45) is 6.46. The topological polar surface area (TPSA) is 72.7 Å². The first-order valence-electron chi connectivity index (χ1n) is 11.9. The summed E-state index contributed by atoms with van der Waals surface area (Å²) in [5.41, 5.74) is 1.94. The molecular weight excluding hydrogens is 418 g/mol. The molecule has 1 atom stereocenters. The van der Waals surface area contributed by atoms with Gasteiger partial charge in [0.25, 0.3) is 5.56 Å². The van der Waals surface area contributed by atoms with E-state index in [4.69, 9.17) is 14.5 Å². The molecule has 0 aliphatic carbocycles. The number of aromatic nitrogens is 3. The highest BCUT2D eigenvalue weighted by Gasteiger charge is 2.20. The van der Waals surface area contributed by atoms with Crippen molar-refractivity contribution in [3.63, 3.8) is 0 Å². The van der Waals surface area contributed by atoms with Crippen LogP contribution >= 0.6 is 0 Å². The van der Waals surface area contributed by atoms with Crippen LogP contribution in [0.1, 0.15) is 24.8 Å². The smallest absolute Gasteiger partial charge is 0.261 e. The van der Waals surface area contributed by atoms with Crippen molar-refractivity contribution < 1.29 is 9.47 Å². The zero-order valence-electron chi connectivity index (χ0n) is 18.9. The summed E-state index contributed by atoms with van der Waals surface area (Å²) in [6, 6.07) is 12.4. The van der Waals surface area contributed by atoms with Crippen LogP contribution in [0.2, 0.25) is 0 Å². The molecule has 2 aliphatic heterocycles. The average molecular weight is 450 g/mol. The van der Waals surface area contributed by atoms with Crippen LogP contribution in [-0.4, -0.2) is 65.1 Å². The second kappa shape index (κ2) is 10.4. The van der Waals surface area contributed by atoms with Crippen LogP contribution < -0.4 is 10.5 Å². The van der Waals surface area contributed by atoms with Crippen LogP contribution in [0.15, 0.2) is 53.6 Å². The predicted molar refractivity (Wildman–Crippen MR) is 127 cm³/mol. The molecule has 0 radical (unpaired) electrons. The molecule has 0 spiro atoms. The van der Waals surface area contributed by atoms with E-state index in [1.807, 2.05) is 12.1 Å². The van der Waals surface area contributed by atoms with Crippen LogP contribution in [0, 0.1) is 0 Å². The Bertz CT molecular complexity index is 1110. The molecule has 5 rings (SSSR count). The lowest BCUT2D eigenvalue weighted by Crippen LogP contribution is -2.46. The van der Waals surface area contributed by atoms with Crippen molar-refractivity contribution in [2.45, 2.75) is 38.6 Å². The Morgan fingerprint density at radius 2 is 1.91 bits per heavy atom. The third-order valence-electron chi connectivity index (χ3n) is 6.39. The largest absolute Gasteiger partial charge is 0.353 e. The molecule has 174 valence electrons. The van der Waals surface area contributed by atoms with E-state index in [0.29, 0.717) is 30.0 Å². The Kier molecular flexibility index (Phi) is 6.95. The summed E-state index contributed by atoms with van der Waals surface area (Å²) < 4.78 is 13.0. The molecule has 2 fully saturated rings. The van der Waals surface area contributed by atoms with E-state index in [1.165, 1.54) is 5.56 Å². The van der Waals surface area contributed by atoms with Gasteiger partial charge >= 0.3 is 0 Å². The van der Waals surface area contributed by atoms with E-state index in [2.05, 4.69) is 39.0 Å². The quantitative estimate of drug-likeness (QED) is 0.549. The molecule has 0 saturated carbocycles. The van der Waals surface area contributed by atoms with Gasteiger partial charge in [-0.3, -0.25) is 9.69 Å². The second-order valence-electron chi connectivity index (χ2n) is 8.70. The van der Waals surface area contributed by atoms with Crippen molar-refractivity contribution in [2.75, 3.05) is 44.3 Å². The molecule has 3 aromatic rings. The number of piperazine rings is 1. The van der Waals surface area contributed by atoms with E-state index in [1.54, 1.807) is 17.0 Å². The first kappa shape index (κ1) is 22.0. The van der Waals surface area contributed by atoms with Gasteiger partial charge in [-0.25, -0.2) is 9.97 Å². The predicted octanol–water partition coefficient (Wildman–Crippen LogP) is 2.66. The summed E-state index contributed by atoms with van der Waals surface area (Å²) >= 11 is 0. The van der Waals surface area contributed by atoms with Gasteiger partial charge in [0.15, 0.2) is 6.29 Å². The molecule has 0 bridgehead atoms. The van der Waals surface area contributed by atoms with E-state index < -0.39 is 0 Å². The van der Waals surface area contributed by atoms with Gasteiger partial charge in [-0.05, 0) is 30.9 Å². The fourth-order valence-corrected chi connectivity index (χ4v) is 4.46. The number of nitrogens with zero attached hydrogens (tertiary/aromatic N) is 5. The molecule has 2 saturated heterocycles. The van der Waals surface area contributed by atoms with Crippen molar-refractivity contribution >= 4 is 16.9 Å². The Morgan fingerprint density at radius 1 is 1.06 bits per heavy atom. The lowest BCUT2D eigenvalue weighted by Gasteiger charge is -2.34. The lowest BCUT2D eigenvalue weighted by molar-refractivity contribution is -0.163. The van der Waals surface area contributed by atoms with E-state index in [9.17, 15) is 4.79 Å². The highest BCUT2D eigenvalue weighted by molar-refractivity contribution is 5.77. The molecule has 1 aromatic carbocycles. The van der Waals surface area contributed by atoms with E-state index in [-0.39, 0.29) is 11.8 Å². The molecule has 2 aromatic heterocycles. The number of benzene rings is 1. The van der Waals surface area contributed by atoms with Crippen molar-refractivity contribution in [1.29, 1.82) is 0 Å². The fourth-order valence-electron chi connectivity index (χ4n) is 4.46. The van der Waals surface area contributed by atoms with Gasteiger partial charge in [0.05, 0.1) is 17.5 Å². The Labute approximate surface area is 193 Å². The van der Waals surface area contributed by atoms with Gasteiger partial charge in [-0.15, -0.1) is 0 Å². The maximum absolute atomic E-state index is 12.9. The summed E-state index contributed by atoms with van der Waals surface area (Å²) in [7, 11) is 0. The van der Waals surface area contributed by atoms with Gasteiger partial charge in [0.2, 0.25) is 5.95 Å². The van der Waals surface area contributed by atoms with Crippen molar-refractivity contribution in [1.82, 2.24) is 19.4 Å². The SMILES string of the molecule is O=c1c2cnc(N3CCN(Cc4ccccc4)CC3)nc2ccn1CCOC1CCCCO1. The zero-order chi connectivity index (χ0) is 22.5. The summed E-state index contributed by atoms with van der Waals surface area (Å²) in [5, 5.41) is 0.540. The van der Waals surface area contributed by atoms with E-state index >= 15 is 0 Å². The minimum atomic E-state index is -0.144. The number of pyridine rings is 1. The summed E-state index contributed by atoms with van der Waals surface area (Å²) in [4.78, 5) is 26.8. The minimum absolute atomic E-state index is 0.0834. The highest BCUT2D eigenvalue weighted by atomic mass is 16.7. The van der Waals surface area contributed by atoms with Gasteiger partial charge in [-0.2, -0.15) is 0 Å². The standard InChI is InChI=1S/C25H31N5O3/c31-24-21-18-26-25(30-13-11-28(12-14-30)19-20-6-2-1-3-7-20)27-22(21)9-10-29(24)15-17-33-23-8-4-5-16-32-23/h1-3,6-7,9-10,18,23H,4-5,8,11-17,19H2. The molecule has 0 amide bonds. The number of hydrogen-bond donors (Lipinski definition) is 0. The third-order valence-corrected chi connectivity index (χ3v) is 6.39. The number of anilines is 1. The average Bonchev–Trinajstić information content (AvgIpc) is 2.87. The number of ether oxygens (including phenoxy) is 2. The van der Waals surface area contributed by atoms with Crippen LogP contribution in [-0.2, 0) is 22.6 Å². The van der Waals surface area contributed by atoms with Crippen LogP contribution in [0.25, 0.3) is 10.9 Å². The molecule has 4 heterocycles. The maximum atomic E-state index is 12.9. The molecule has 8 heteroatoms. The Hall–Kier alpha value is -2.81. The lowest BCUT2D eigenvalue weighted by atomic mass is 10.2. The van der Waals surface area contributed by atoms with E-state index in [0.717, 1.165) is 58.6 Å². The molecule has 33 heavy (non-hydrogen) atoms. The Morgan fingerprint density at radius 3 is 2.70 bits per heavy atom. The van der Waals surface area contributed by atoms with Crippen molar-refractivity contribution in [3.05, 3.63) is 64.7 Å². The fraction of sp³-hybridized carbons (Fsp3) is 0.480. The van der Waals surface area contributed by atoms with Gasteiger partial charge < -0.3 is 18.9 Å². The van der Waals surface area contributed by atoms with Crippen LogP contribution in [0.4, 0.5) is 5.95 Å². The molecule has 8 nitrogen and oxygen atoms in total. The second-order valence-corrected chi connectivity index (χ2v) is 8.70. The van der Waals surface area contributed by atoms with Crippen molar-refractivity contribution in [3.8, 4) is 0 Å². The van der Waals surface area contributed by atoms with Crippen LogP contribution in [0.5, 0.6) is 0 Å². The summed E-state index contributed by atoms with van der Waals surface area (Å²) in [5.74, 6) is 0.691. The van der Waals surface area contributed by atoms with Gasteiger partial charge in [-0.1, -0.05) is 30.3 Å². The maximum Gasteiger partial charge on any atom is 0.261 e. The first-order chi connectivity index (χ1) is 16.3. The molecule has 2 aliphatic rings. The number of rotatable bonds is 7. The normalized spacial score (nSPS) is 19.8. The Balaban J connectivity index is 1.19. The molecule has 1 unspecified atom stereocenters. The number of hydrogen-bond acceptors (Lipinski definition) is 7. The van der Waals surface area contributed by atoms with Gasteiger partial charge in [0, 0.05) is 58.3 Å².